The van der Waals surface area contributed by atoms with Crippen LogP contribution in [0.25, 0.3) is 21.6 Å². The monoisotopic (exact) mass is 674 g/mol. The number of methoxy groups -OCH3 is 1. The lowest BCUT2D eigenvalue weighted by Crippen LogP contribution is -2.40. The Kier molecular flexibility index (Phi) is 9.30. The van der Waals surface area contributed by atoms with Crippen molar-refractivity contribution in [1.82, 2.24) is 10.3 Å². The van der Waals surface area contributed by atoms with Crippen molar-refractivity contribution in [2.45, 2.75) is 64.5 Å². The Labute approximate surface area is 280 Å². The summed E-state index contributed by atoms with van der Waals surface area (Å²) in [6, 6.07) is 11.9. The van der Waals surface area contributed by atoms with Crippen LogP contribution < -0.4 is 21.1 Å². The normalized spacial score (nSPS) is 15.4. The summed E-state index contributed by atoms with van der Waals surface area (Å²) in [7, 11) is 1.20. The first-order chi connectivity index (χ1) is 23.0. The van der Waals surface area contributed by atoms with Gasteiger partial charge in [-0.05, 0) is 84.7 Å². The lowest BCUT2D eigenvalue weighted by Gasteiger charge is -2.28. The number of benzene rings is 2. The van der Waals surface area contributed by atoms with Crippen LogP contribution in [0.15, 0.2) is 47.8 Å². The second kappa shape index (κ2) is 13.4. The van der Waals surface area contributed by atoms with Gasteiger partial charge in [0.1, 0.15) is 11.4 Å². The number of esters is 1. The third kappa shape index (κ3) is 6.67. The van der Waals surface area contributed by atoms with Gasteiger partial charge in [0.25, 0.3) is 11.8 Å². The number of pyridine rings is 1. The Morgan fingerprint density at radius 3 is 2.44 bits per heavy atom. The van der Waals surface area contributed by atoms with Crippen LogP contribution >= 0.6 is 11.3 Å². The van der Waals surface area contributed by atoms with Crippen molar-refractivity contribution in [3.05, 3.63) is 87.0 Å². The van der Waals surface area contributed by atoms with Crippen molar-refractivity contribution >= 4 is 34.8 Å². The third-order valence-electron chi connectivity index (χ3n) is 8.90. The Balaban J connectivity index is 1.44. The maximum Gasteiger partial charge on any atom is 0.357 e. The van der Waals surface area contributed by atoms with Crippen molar-refractivity contribution in [3.8, 4) is 27.3 Å². The highest BCUT2D eigenvalue weighted by Gasteiger charge is 2.36. The maximum absolute atomic E-state index is 14.3. The zero-order valence-corrected chi connectivity index (χ0v) is 27.7. The molecule has 4 aromatic rings. The highest BCUT2D eigenvalue weighted by molar-refractivity contribution is 7.13. The summed E-state index contributed by atoms with van der Waals surface area (Å²) in [5, 5.41) is 7.84. The quantitative estimate of drug-likeness (QED) is 0.183. The first-order valence-electron chi connectivity index (χ1n) is 15.8. The Morgan fingerprint density at radius 1 is 1.02 bits per heavy atom. The molecule has 2 aromatic heterocycles. The molecule has 48 heavy (non-hydrogen) atoms. The van der Waals surface area contributed by atoms with Crippen molar-refractivity contribution in [3.63, 3.8) is 0 Å². The number of hydrogen-bond donors (Lipinski definition) is 3. The Bertz CT molecular complexity index is 1890. The van der Waals surface area contributed by atoms with Crippen molar-refractivity contribution in [2.24, 2.45) is 5.73 Å². The number of amides is 2. The molecule has 0 bridgehead atoms. The first-order valence-corrected chi connectivity index (χ1v) is 16.6. The number of rotatable bonds is 7. The van der Waals surface area contributed by atoms with E-state index in [1.165, 1.54) is 13.2 Å². The number of fused-ring (bicyclic) bond motifs is 3. The number of halogens is 2. The number of thiophene rings is 1. The van der Waals surface area contributed by atoms with E-state index < -0.39 is 29.7 Å². The van der Waals surface area contributed by atoms with Crippen LogP contribution in [0.1, 0.15) is 79.3 Å². The molecule has 3 heterocycles. The number of hydrogen-bond acceptors (Lipinski definition) is 8. The summed E-state index contributed by atoms with van der Waals surface area (Å²) in [4.78, 5) is 46.0. The minimum Gasteiger partial charge on any atom is -0.493 e. The molecule has 1 fully saturated rings. The predicted molar refractivity (Wildman–Crippen MR) is 180 cm³/mol. The van der Waals surface area contributed by atoms with Crippen molar-refractivity contribution in [1.29, 1.82) is 0 Å². The molecule has 1 aliphatic carbocycles. The average molecular weight is 675 g/mol. The number of anilines is 1. The molecule has 1 saturated carbocycles. The van der Waals surface area contributed by atoms with Gasteiger partial charge in [0, 0.05) is 64.7 Å². The molecule has 6 rings (SSSR count). The molecule has 9 nitrogen and oxygen atoms in total. The van der Waals surface area contributed by atoms with Gasteiger partial charge >= 0.3 is 5.97 Å². The van der Waals surface area contributed by atoms with Gasteiger partial charge in [-0.3, -0.25) is 9.59 Å². The zero-order chi connectivity index (χ0) is 34.2. The second-order valence-corrected chi connectivity index (χ2v) is 13.1. The second-order valence-electron chi connectivity index (χ2n) is 12.2. The summed E-state index contributed by atoms with van der Waals surface area (Å²) < 4.78 is 38.6. The molecule has 250 valence electrons. The van der Waals surface area contributed by atoms with Gasteiger partial charge in [-0.25, -0.2) is 18.6 Å². The summed E-state index contributed by atoms with van der Waals surface area (Å²) in [6.07, 6.45) is 0.328. The first kappa shape index (κ1) is 33.2. The maximum atomic E-state index is 14.3. The molecule has 0 radical (unpaired) electrons. The number of nitrogens with one attached hydrogen (secondary N) is 2. The molecule has 2 aliphatic rings. The highest BCUT2D eigenvalue weighted by Crippen LogP contribution is 2.43. The molecule has 0 saturated heterocycles. The Hall–Kier alpha value is -4.68. The van der Waals surface area contributed by atoms with Crippen LogP contribution in [0.3, 0.4) is 0 Å². The number of alkyl halides is 2. The predicted octanol–water partition coefficient (Wildman–Crippen LogP) is 6.83. The van der Waals surface area contributed by atoms with Gasteiger partial charge in [-0.15, -0.1) is 11.3 Å². The van der Waals surface area contributed by atoms with E-state index in [1.807, 2.05) is 37.4 Å². The van der Waals surface area contributed by atoms with E-state index in [-0.39, 0.29) is 48.2 Å². The molecule has 0 atom stereocenters. The fraction of sp³-hybridized carbons (Fsp3) is 0.333. The summed E-state index contributed by atoms with van der Waals surface area (Å²) in [5.74, 6) is -4.04. The van der Waals surface area contributed by atoms with Gasteiger partial charge in [-0.1, -0.05) is 12.1 Å². The molecule has 4 N–H and O–H groups in total. The molecular weight excluding hydrogens is 638 g/mol. The van der Waals surface area contributed by atoms with Crippen LogP contribution in [-0.4, -0.2) is 48.4 Å². The van der Waals surface area contributed by atoms with Crippen LogP contribution in [0.5, 0.6) is 5.75 Å². The molecule has 12 heteroatoms. The summed E-state index contributed by atoms with van der Waals surface area (Å²) in [5.41, 5.74) is 11.6. The number of nitrogens with two attached hydrogens (primary N) is 1. The van der Waals surface area contributed by atoms with Crippen LogP contribution in [0.4, 0.5) is 14.5 Å². The van der Waals surface area contributed by atoms with Gasteiger partial charge in [-0.2, -0.15) is 0 Å². The van der Waals surface area contributed by atoms with Gasteiger partial charge < -0.3 is 25.8 Å². The molecular formula is C36H36F2N4O5S. The van der Waals surface area contributed by atoms with Crippen LogP contribution in [0.2, 0.25) is 0 Å². The van der Waals surface area contributed by atoms with Crippen molar-refractivity contribution in [2.75, 3.05) is 19.0 Å². The lowest BCUT2D eigenvalue weighted by molar-refractivity contribution is -0.0399. The smallest absolute Gasteiger partial charge is 0.357 e. The fourth-order valence-corrected chi connectivity index (χ4v) is 7.35. The third-order valence-corrected chi connectivity index (χ3v) is 9.89. The van der Waals surface area contributed by atoms with E-state index in [1.54, 1.807) is 29.5 Å². The van der Waals surface area contributed by atoms with E-state index in [0.29, 0.717) is 36.6 Å². The minimum absolute atomic E-state index is 0.0806. The minimum atomic E-state index is -2.74. The number of nitrogens with zero attached hydrogens (tertiary/aromatic N) is 1. The van der Waals surface area contributed by atoms with Crippen LogP contribution in [-0.2, 0) is 17.7 Å². The number of ether oxygens (including phenoxy) is 2. The number of aromatic nitrogens is 1. The van der Waals surface area contributed by atoms with Crippen LogP contribution in [0, 0.1) is 13.8 Å². The van der Waals surface area contributed by atoms with E-state index in [9.17, 15) is 23.2 Å². The number of aryl methyl sites for hydroxylation is 2. The molecule has 2 amide bonds. The lowest BCUT2D eigenvalue weighted by atomic mass is 9.92. The van der Waals surface area contributed by atoms with E-state index in [0.717, 1.165) is 32.7 Å². The summed E-state index contributed by atoms with van der Waals surface area (Å²) >= 11 is 1.55. The van der Waals surface area contributed by atoms with Gasteiger partial charge in [0.2, 0.25) is 5.92 Å². The largest absolute Gasteiger partial charge is 0.493 e. The molecule has 0 spiro atoms. The molecule has 1 aliphatic heterocycles. The average Bonchev–Trinajstić information content (AvgIpc) is 3.47. The topological polar surface area (TPSA) is 133 Å². The van der Waals surface area contributed by atoms with E-state index >= 15 is 0 Å². The Morgan fingerprint density at radius 2 is 1.75 bits per heavy atom. The molecule has 0 unspecified atom stereocenters. The fourth-order valence-electron chi connectivity index (χ4n) is 6.38. The van der Waals surface area contributed by atoms with Gasteiger partial charge in [0.05, 0.1) is 13.7 Å². The zero-order valence-electron chi connectivity index (χ0n) is 26.9. The van der Waals surface area contributed by atoms with Crippen molar-refractivity contribution < 1.29 is 32.6 Å². The SMILES string of the molecule is COC(=O)c1nc(C(=O)NC2CCC(F)(F)CC2)ccc1-c1cc2c(cc1C(=O)Nc1c(C)cc(CN)cc1C)-c1sccc1CCO2. The number of carbonyl (C=O) groups excluding carboxylic acids is 3. The standard InChI is InChI=1S/C36H36F2N4O5S/c1-19-14-21(18-39)15-20(2)30(19)42-33(43)26-16-27-29(47-12-8-22-9-13-48-32(22)27)17-25(26)24-4-5-28(41-31(24)35(45)46-3)34(44)40-23-6-10-36(37,38)11-7-23/h4-5,9,13-17,23H,6-8,10-12,18,39H2,1-3H3,(H,40,44)(H,42,43). The highest BCUT2D eigenvalue weighted by atomic mass is 32.1. The van der Waals surface area contributed by atoms with E-state index in [4.69, 9.17) is 15.2 Å². The molecule has 2 aromatic carbocycles. The van der Waals surface area contributed by atoms with E-state index in [2.05, 4.69) is 15.6 Å². The summed E-state index contributed by atoms with van der Waals surface area (Å²) in [6.45, 7) is 4.57. The number of carbonyl (C=O) groups is 3. The van der Waals surface area contributed by atoms with Gasteiger partial charge in [0.15, 0.2) is 5.69 Å².